The fourth-order valence-electron chi connectivity index (χ4n) is 2.18. The summed E-state index contributed by atoms with van der Waals surface area (Å²) in [7, 11) is -2.42. The van der Waals surface area contributed by atoms with Gasteiger partial charge in [-0.2, -0.15) is 0 Å². The first-order chi connectivity index (χ1) is 9.42. The molecule has 0 atom stereocenters. The van der Waals surface area contributed by atoms with Gasteiger partial charge in [0.05, 0.1) is 12.2 Å². The van der Waals surface area contributed by atoms with Crippen molar-refractivity contribution in [3.05, 3.63) is 29.6 Å². The molecule has 1 aromatic rings. The van der Waals surface area contributed by atoms with Crippen LogP contribution in [0.2, 0.25) is 0 Å². The third-order valence-corrected chi connectivity index (χ3v) is 5.17. The van der Waals surface area contributed by atoms with Gasteiger partial charge in [0.25, 0.3) is 0 Å². The minimum absolute atomic E-state index is 0.120. The first-order valence-corrected chi connectivity index (χ1v) is 7.85. The molecule has 0 saturated heterocycles. The summed E-state index contributed by atoms with van der Waals surface area (Å²) >= 11 is 0. The van der Waals surface area contributed by atoms with Crippen molar-refractivity contribution >= 4 is 10.0 Å². The van der Waals surface area contributed by atoms with Crippen molar-refractivity contribution in [1.82, 2.24) is 4.72 Å². The molecule has 1 aliphatic carbocycles. The number of rotatable bonds is 6. The first-order valence-electron chi connectivity index (χ1n) is 6.36. The zero-order chi connectivity index (χ0) is 14.8. The molecule has 5 nitrogen and oxygen atoms in total. The number of hydrogen-bond donors (Lipinski definition) is 2. The maximum Gasteiger partial charge on any atom is 0.243 e. The Morgan fingerprint density at radius 2 is 2.15 bits per heavy atom. The maximum atomic E-state index is 13.7. The molecule has 1 saturated carbocycles. The van der Waals surface area contributed by atoms with Crippen LogP contribution in [0, 0.1) is 5.82 Å². The Balaban J connectivity index is 2.18. The topological polar surface area (TPSA) is 75.6 Å². The van der Waals surface area contributed by atoms with E-state index in [0.29, 0.717) is 5.56 Å². The quantitative estimate of drug-likeness (QED) is 0.827. The summed E-state index contributed by atoms with van der Waals surface area (Å²) in [6.07, 6.45) is 2.56. The van der Waals surface area contributed by atoms with Crippen LogP contribution in [0.5, 0.6) is 0 Å². The van der Waals surface area contributed by atoms with E-state index >= 15 is 0 Å². The van der Waals surface area contributed by atoms with E-state index in [0.717, 1.165) is 31.4 Å². The fraction of sp³-hybridized carbons (Fsp3) is 0.538. The van der Waals surface area contributed by atoms with Crippen LogP contribution in [0.15, 0.2) is 23.1 Å². The summed E-state index contributed by atoms with van der Waals surface area (Å²) in [5.74, 6) is -0.838. The van der Waals surface area contributed by atoms with Crippen molar-refractivity contribution in [3.63, 3.8) is 0 Å². The SMILES string of the molecule is COC1(CNS(=O)(=O)c2cc(CO)ccc2F)CCC1. The average molecular weight is 303 g/mol. The molecular weight excluding hydrogens is 285 g/mol. The molecule has 0 amide bonds. The van der Waals surface area contributed by atoms with Crippen molar-refractivity contribution in [2.24, 2.45) is 0 Å². The predicted octanol–water partition coefficient (Wildman–Crippen LogP) is 1.17. The summed E-state index contributed by atoms with van der Waals surface area (Å²) in [6.45, 7) is -0.223. The predicted molar refractivity (Wildman–Crippen MR) is 71.1 cm³/mol. The highest BCUT2D eigenvalue weighted by atomic mass is 32.2. The van der Waals surface area contributed by atoms with E-state index in [9.17, 15) is 12.8 Å². The molecule has 0 aromatic heterocycles. The zero-order valence-corrected chi connectivity index (χ0v) is 12.0. The second-order valence-corrected chi connectivity index (χ2v) is 6.72. The van der Waals surface area contributed by atoms with E-state index in [-0.39, 0.29) is 13.2 Å². The van der Waals surface area contributed by atoms with Crippen molar-refractivity contribution in [1.29, 1.82) is 0 Å². The minimum Gasteiger partial charge on any atom is -0.392 e. The van der Waals surface area contributed by atoms with Crippen LogP contribution in [0.3, 0.4) is 0 Å². The standard InChI is InChI=1S/C13H18FNO4S/c1-19-13(5-2-6-13)9-15-20(17,18)12-7-10(8-16)3-4-11(12)14/h3-4,7,15-16H,2,5-6,8-9H2,1H3. The molecule has 0 aliphatic heterocycles. The Hall–Kier alpha value is -1.02. The second kappa shape index (κ2) is 5.77. The maximum absolute atomic E-state index is 13.7. The van der Waals surface area contributed by atoms with Crippen LogP contribution in [0.25, 0.3) is 0 Å². The normalized spacial score (nSPS) is 17.8. The van der Waals surface area contributed by atoms with Gasteiger partial charge < -0.3 is 9.84 Å². The third kappa shape index (κ3) is 3.01. The van der Waals surface area contributed by atoms with Crippen LogP contribution < -0.4 is 4.72 Å². The summed E-state index contributed by atoms with van der Waals surface area (Å²) in [4.78, 5) is -0.449. The molecule has 0 spiro atoms. The van der Waals surface area contributed by atoms with E-state index in [1.807, 2.05) is 0 Å². The number of aliphatic hydroxyl groups is 1. The number of halogens is 1. The lowest BCUT2D eigenvalue weighted by Crippen LogP contribution is -2.49. The molecule has 2 N–H and O–H groups in total. The lowest BCUT2D eigenvalue weighted by atomic mass is 9.80. The largest absolute Gasteiger partial charge is 0.392 e. The van der Waals surface area contributed by atoms with Gasteiger partial charge in [-0.3, -0.25) is 0 Å². The molecule has 0 unspecified atom stereocenters. The lowest BCUT2D eigenvalue weighted by molar-refractivity contribution is -0.0659. The van der Waals surface area contributed by atoms with Crippen molar-refractivity contribution in [2.75, 3.05) is 13.7 Å². The Morgan fingerprint density at radius 3 is 2.65 bits per heavy atom. The minimum atomic E-state index is -3.96. The highest BCUT2D eigenvalue weighted by Gasteiger charge is 2.38. The van der Waals surface area contributed by atoms with E-state index in [4.69, 9.17) is 9.84 Å². The van der Waals surface area contributed by atoms with Crippen molar-refractivity contribution in [3.8, 4) is 0 Å². The third-order valence-electron chi connectivity index (χ3n) is 3.75. The highest BCUT2D eigenvalue weighted by molar-refractivity contribution is 7.89. The van der Waals surface area contributed by atoms with Gasteiger partial charge in [-0.1, -0.05) is 6.07 Å². The molecule has 2 rings (SSSR count). The lowest BCUT2D eigenvalue weighted by Gasteiger charge is -2.40. The molecule has 1 aromatic carbocycles. The number of aliphatic hydroxyl groups excluding tert-OH is 1. The van der Waals surface area contributed by atoms with Gasteiger partial charge in [-0.15, -0.1) is 0 Å². The van der Waals surface area contributed by atoms with Crippen LogP contribution in [0.4, 0.5) is 4.39 Å². The molecule has 1 aliphatic rings. The van der Waals surface area contributed by atoms with Crippen LogP contribution >= 0.6 is 0 Å². The van der Waals surface area contributed by atoms with Gasteiger partial charge in [0.2, 0.25) is 10.0 Å². The summed E-state index contributed by atoms with van der Waals surface area (Å²) in [5, 5.41) is 9.01. The van der Waals surface area contributed by atoms with E-state index in [1.165, 1.54) is 6.07 Å². The molecule has 112 valence electrons. The van der Waals surface area contributed by atoms with E-state index in [2.05, 4.69) is 4.72 Å². The second-order valence-electron chi connectivity index (χ2n) is 4.99. The Bertz CT molecular complexity index is 579. The Morgan fingerprint density at radius 1 is 1.45 bits per heavy atom. The monoisotopic (exact) mass is 303 g/mol. The van der Waals surface area contributed by atoms with Gasteiger partial charge >= 0.3 is 0 Å². The molecule has 0 bridgehead atoms. The number of hydrogen-bond acceptors (Lipinski definition) is 4. The van der Waals surface area contributed by atoms with Crippen LogP contribution in [-0.2, 0) is 21.4 Å². The number of methoxy groups -OCH3 is 1. The molecule has 20 heavy (non-hydrogen) atoms. The summed E-state index contributed by atoms with van der Waals surface area (Å²) in [6, 6.07) is 3.52. The number of benzene rings is 1. The Kier molecular flexibility index (Phi) is 4.43. The van der Waals surface area contributed by atoms with Gasteiger partial charge in [0, 0.05) is 13.7 Å². The highest BCUT2D eigenvalue weighted by Crippen LogP contribution is 2.34. The van der Waals surface area contributed by atoms with Crippen LogP contribution in [0.1, 0.15) is 24.8 Å². The van der Waals surface area contributed by atoms with E-state index < -0.39 is 26.3 Å². The first kappa shape index (κ1) is 15.4. The number of sulfonamides is 1. The summed E-state index contributed by atoms with van der Waals surface area (Å²) in [5.41, 5.74) is -0.130. The number of ether oxygens (including phenoxy) is 1. The van der Waals surface area contributed by atoms with Crippen molar-refractivity contribution < 1.29 is 22.7 Å². The average Bonchev–Trinajstić information content (AvgIpc) is 2.38. The molecule has 0 heterocycles. The van der Waals surface area contributed by atoms with E-state index in [1.54, 1.807) is 7.11 Å². The van der Waals surface area contributed by atoms with Crippen LogP contribution in [-0.4, -0.2) is 32.8 Å². The van der Waals surface area contributed by atoms with Gasteiger partial charge in [-0.05, 0) is 37.0 Å². The van der Waals surface area contributed by atoms with Gasteiger partial charge in [0.1, 0.15) is 10.7 Å². The van der Waals surface area contributed by atoms with Gasteiger partial charge in [-0.25, -0.2) is 17.5 Å². The van der Waals surface area contributed by atoms with Gasteiger partial charge in [0.15, 0.2) is 0 Å². The summed E-state index contributed by atoms with van der Waals surface area (Å²) < 4.78 is 45.6. The molecular formula is C13H18FNO4S. The molecule has 1 fully saturated rings. The smallest absolute Gasteiger partial charge is 0.243 e. The molecule has 7 heteroatoms. The number of nitrogens with one attached hydrogen (secondary N) is 1. The zero-order valence-electron chi connectivity index (χ0n) is 11.2. The fourth-order valence-corrected chi connectivity index (χ4v) is 3.42. The van der Waals surface area contributed by atoms with Crippen molar-refractivity contribution in [2.45, 2.75) is 36.4 Å². The Labute approximate surface area is 117 Å². The molecule has 0 radical (unpaired) electrons.